The van der Waals surface area contributed by atoms with Crippen LogP contribution in [-0.2, 0) is 7.05 Å². The molecule has 1 aromatic carbocycles. The van der Waals surface area contributed by atoms with Gasteiger partial charge in [-0.25, -0.2) is 9.37 Å². The van der Waals surface area contributed by atoms with E-state index in [9.17, 15) is 4.39 Å². The second-order valence-corrected chi connectivity index (χ2v) is 5.03. The zero-order valence-electron chi connectivity index (χ0n) is 12.2. The summed E-state index contributed by atoms with van der Waals surface area (Å²) in [4.78, 5) is 10.1. The molecule has 0 saturated heterocycles. The Morgan fingerprint density at radius 3 is 2.77 bits per heavy atom. The number of halogens is 2. The summed E-state index contributed by atoms with van der Waals surface area (Å²) in [7, 11) is 4.98. The lowest BCUT2D eigenvalue weighted by molar-refractivity contribution is 0.386. The summed E-state index contributed by atoms with van der Waals surface area (Å²) >= 11 is 5.96. The summed E-state index contributed by atoms with van der Waals surface area (Å²) in [6.45, 7) is 0. The van der Waals surface area contributed by atoms with E-state index >= 15 is 0 Å². The maximum atomic E-state index is 13.9. The zero-order valence-corrected chi connectivity index (χ0v) is 13.0. The highest BCUT2D eigenvalue weighted by molar-refractivity contribution is 6.28. The molecule has 0 atom stereocenters. The standard InChI is InChI=1S/C14H13ClFN5O/c1-20(8-4-5-11(22-3)9(16)6-8)13-12-10(7-17-21(12)2)18-14(15)19-13/h4-7H,1-3H3. The van der Waals surface area contributed by atoms with E-state index in [1.54, 1.807) is 42.0 Å². The first-order valence-corrected chi connectivity index (χ1v) is 6.81. The maximum Gasteiger partial charge on any atom is 0.225 e. The minimum absolute atomic E-state index is 0.108. The molecule has 8 heteroatoms. The van der Waals surface area contributed by atoms with Crippen molar-refractivity contribution < 1.29 is 9.13 Å². The van der Waals surface area contributed by atoms with Crippen LogP contribution in [0.3, 0.4) is 0 Å². The number of rotatable bonds is 3. The van der Waals surface area contributed by atoms with Crippen molar-refractivity contribution in [2.75, 3.05) is 19.1 Å². The van der Waals surface area contributed by atoms with Crippen LogP contribution in [0.4, 0.5) is 15.9 Å². The second-order valence-electron chi connectivity index (χ2n) is 4.70. The molecule has 3 rings (SSSR count). The van der Waals surface area contributed by atoms with Gasteiger partial charge in [-0.2, -0.15) is 10.1 Å². The fraction of sp³-hybridized carbons (Fsp3) is 0.214. The average molecular weight is 322 g/mol. The van der Waals surface area contributed by atoms with Crippen LogP contribution in [-0.4, -0.2) is 33.9 Å². The first-order chi connectivity index (χ1) is 10.5. The van der Waals surface area contributed by atoms with Crippen LogP contribution in [0, 0.1) is 5.82 Å². The lowest BCUT2D eigenvalue weighted by Gasteiger charge is -2.20. The average Bonchev–Trinajstić information content (AvgIpc) is 2.86. The summed E-state index contributed by atoms with van der Waals surface area (Å²) < 4.78 is 20.5. The molecule has 0 N–H and O–H groups in total. The number of hydrogen-bond donors (Lipinski definition) is 0. The fourth-order valence-corrected chi connectivity index (χ4v) is 2.42. The van der Waals surface area contributed by atoms with Gasteiger partial charge in [0.15, 0.2) is 17.4 Å². The molecule has 22 heavy (non-hydrogen) atoms. The molecular weight excluding hydrogens is 309 g/mol. The molecule has 0 amide bonds. The van der Waals surface area contributed by atoms with Crippen molar-refractivity contribution in [3.8, 4) is 5.75 Å². The molecule has 2 aromatic heterocycles. The number of anilines is 2. The highest BCUT2D eigenvalue weighted by Gasteiger charge is 2.17. The van der Waals surface area contributed by atoms with Gasteiger partial charge in [-0.3, -0.25) is 4.68 Å². The van der Waals surface area contributed by atoms with Crippen LogP contribution in [0.25, 0.3) is 11.0 Å². The number of hydrogen-bond acceptors (Lipinski definition) is 5. The summed E-state index contributed by atoms with van der Waals surface area (Å²) in [5.41, 5.74) is 1.94. The van der Waals surface area contributed by atoms with Crippen LogP contribution in [0.15, 0.2) is 24.4 Å². The van der Waals surface area contributed by atoms with Crippen molar-refractivity contribution >= 4 is 34.1 Å². The number of nitrogens with zero attached hydrogens (tertiary/aromatic N) is 5. The number of methoxy groups -OCH3 is 1. The monoisotopic (exact) mass is 321 g/mol. The van der Waals surface area contributed by atoms with Crippen molar-refractivity contribution in [3.05, 3.63) is 35.5 Å². The Morgan fingerprint density at radius 1 is 1.32 bits per heavy atom. The molecule has 0 fully saturated rings. The first kappa shape index (κ1) is 14.5. The van der Waals surface area contributed by atoms with Gasteiger partial charge in [0.05, 0.1) is 13.3 Å². The zero-order chi connectivity index (χ0) is 15.9. The van der Waals surface area contributed by atoms with Crippen molar-refractivity contribution in [2.24, 2.45) is 7.05 Å². The van der Waals surface area contributed by atoms with Crippen molar-refractivity contribution in [1.29, 1.82) is 0 Å². The van der Waals surface area contributed by atoms with Crippen LogP contribution < -0.4 is 9.64 Å². The maximum absolute atomic E-state index is 13.9. The van der Waals surface area contributed by atoms with Crippen molar-refractivity contribution in [1.82, 2.24) is 19.7 Å². The number of aryl methyl sites for hydroxylation is 1. The molecular formula is C14H13ClFN5O. The number of ether oxygens (including phenoxy) is 1. The predicted molar refractivity (Wildman–Crippen MR) is 82.3 cm³/mol. The lowest BCUT2D eigenvalue weighted by atomic mass is 10.2. The molecule has 0 aliphatic rings. The Labute approximate surface area is 131 Å². The van der Waals surface area contributed by atoms with E-state index in [0.29, 0.717) is 22.5 Å². The minimum atomic E-state index is -0.451. The fourth-order valence-electron chi connectivity index (χ4n) is 2.25. The molecule has 0 radical (unpaired) electrons. The minimum Gasteiger partial charge on any atom is -0.494 e. The Hall–Kier alpha value is -2.41. The largest absolute Gasteiger partial charge is 0.494 e. The molecule has 3 aromatic rings. The van der Waals surface area contributed by atoms with E-state index in [1.807, 2.05) is 0 Å². The van der Waals surface area contributed by atoms with Gasteiger partial charge in [-0.1, -0.05) is 0 Å². The molecule has 0 aliphatic carbocycles. The van der Waals surface area contributed by atoms with E-state index < -0.39 is 5.82 Å². The SMILES string of the molecule is COc1ccc(N(C)c2nc(Cl)nc3cnn(C)c23)cc1F. The summed E-state index contributed by atoms with van der Waals surface area (Å²) in [5, 5.41) is 4.26. The van der Waals surface area contributed by atoms with Crippen molar-refractivity contribution in [3.63, 3.8) is 0 Å². The first-order valence-electron chi connectivity index (χ1n) is 6.43. The van der Waals surface area contributed by atoms with Crippen LogP contribution in [0.2, 0.25) is 5.28 Å². The molecule has 114 valence electrons. The van der Waals surface area contributed by atoms with E-state index in [0.717, 1.165) is 0 Å². The number of fused-ring (bicyclic) bond motifs is 1. The van der Waals surface area contributed by atoms with Gasteiger partial charge in [0.1, 0.15) is 11.0 Å². The third-order valence-corrected chi connectivity index (χ3v) is 3.55. The van der Waals surface area contributed by atoms with Gasteiger partial charge in [0, 0.05) is 25.8 Å². The second kappa shape index (κ2) is 5.42. The van der Waals surface area contributed by atoms with E-state index in [4.69, 9.17) is 16.3 Å². The highest BCUT2D eigenvalue weighted by Crippen LogP contribution is 2.31. The lowest BCUT2D eigenvalue weighted by Crippen LogP contribution is -2.14. The van der Waals surface area contributed by atoms with Gasteiger partial charge in [0.2, 0.25) is 5.28 Å². The predicted octanol–water partition coefficient (Wildman–Crippen LogP) is 2.93. The van der Waals surface area contributed by atoms with E-state index in [-0.39, 0.29) is 11.0 Å². The molecule has 0 bridgehead atoms. The third kappa shape index (κ3) is 2.33. The van der Waals surface area contributed by atoms with Gasteiger partial charge in [-0.15, -0.1) is 0 Å². The Balaban J connectivity index is 2.14. The van der Waals surface area contributed by atoms with Crippen LogP contribution >= 0.6 is 11.6 Å². The Kier molecular flexibility index (Phi) is 3.58. The van der Waals surface area contributed by atoms with E-state index in [2.05, 4.69) is 15.1 Å². The third-order valence-electron chi connectivity index (χ3n) is 3.38. The molecule has 0 unspecified atom stereocenters. The molecule has 0 saturated carbocycles. The van der Waals surface area contributed by atoms with Gasteiger partial charge in [0.25, 0.3) is 0 Å². The van der Waals surface area contributed by atoms with Gasteiger partial charge in [-0.05, 0) is 23.7 Å². The van der Waals surface area contributed by atoms with E-state index in [1.165, 1.54) is 13.2 Å². The van der Waals surface area contributed by atoms with Gasteiger partial charge >= 0.3 is 0 Å². The quantitative estimate of drug-likeness (QED) is 0.694. The number of aromatic nitrogens is 4. The topological polar surface area (TPSA) is 56.1 Å². The van der Waals surface area contributed by atoms with Crippen LogP contribution in [0.1, 0.15) is 0 Å². The summed E-state index contributed by atoms with van der Waals surface area (Å²) in [6.07, 6.45) is 1.61. The number of benzene rings is 1. The molecule has 0 aliphatic heterocycles. The Morgan fingerprint density at radius 2 is 2.09 bits per heavy atom. The molecule has 2 heterocycles. The Bertz CT molecular complexity index is 851. The van der Waals surface area contributed by atoms with Gasteiger partial charge < -0.3 is 9.64 Å². The van der Waals surface area contributed by atoms with Crippen molar-refractivity contribution in [2.45, 2.75) is 0 Å². The summed E-state index contributed by atoms with van der Waals surface area (Å²) in [5.74, 6) is 0.274. The van der Waals surface area contributed by atoms with Crippen LogP contribution in [0.5, 0.6) is 5.75 Å². The summed E-state index contributed by atoms with van der Waals surface area (Å²) in [6, 6.07) is 4.67. The normalized spacial score (nSPS) is 11.0. The highest BCUT2D eigenvalue weighted by atomic mass is 35.5. The molecule has 6 nitrogen and oxygen atoms in total. The smallest absolute Gasteiger partial charge is 0.225 e. The molecule has 0 spiro atoms.